The molecule has 1 fully saturated rings. The predicted octanol–water partition coefficient (Wildman–Crippen LogP) is 3.66. The number of nitrogens with zero attached hydrogens (tertiary/aromatic N) is 2. The minimum atomic E-state index is -3.67. The Bertz CT molecular complexity index is 984. The second-order valence-electron chi connectivity index (χ2n) is 8.02. The van der Waals surface area contributed by atoms with Crippen molar-refractivity contribution in [3.63, 3.8) is 0 Å². The summed E-state index contributed by atoms with van der Waals surface area (Å²) in [6, 6.07) is 16.3. The molecule has 0 saturated carbocycles. The van der Waals surface area contributed by atoms with Gasteiger partial charge in [-0.3, -0.25) is 9.45 Å². The summed E-state index contributed by atoms with van der Waals surface area (Å²) >= 11 is 3.76. The molecule has 9 heteroatoms. The molecule has 0 radical (unpaired) electrons. The first-order valence-electron chi connectivity index (χ1n) is 10.7. The fraction of sp³-hybridized carbons (Fsp3) is 0.478. The quantitative estimate of drug-likeness (QED) is 0.480. The molecule has 32 heavy (non-hydrogen) atoms. The van der Waals surface area contributed by atoms with Crippen molar-refractivity contribution in [1.82, 2.24) is 9.80 Å². The van der Waals surface area contributed by atoms with Crippen molar-refractivity contribution >= 4 is 33.6 Å². The largest absolute Gasteiger partial charge is 0.396 e. The van der Waals surface area contributed by atoms with Gasteiger partial charge in [-0.15, -0.1) is 11.8 Å². The number of aliphatic hydroxyl groups is 1. The number of hydrogen-bond acceptors (Lipinski definition) is 7. The molecule has 1 saturated heterocycles. The Morgan fingerprint density at radius 1 is 1.09 bits per heavy atom. The molecule has 0 aliphatic carbocycles. The minimum Gasteiger partial charge on any atom is -0.396 e. The molecule has 0 aromatic heterocycles. The van der Waals surface area contributed by atoms with E-state index >= 15 is 0 Å². The van der Waals surface area contributed by atoms with E-state index in [4.69, 9.17) is 9.66 Å². The summed E-state index contributed by atoms with van der Waals surface area (Å²) in [5, 5.41) is 9.09. The van der Waals surface area contributed by atoms with Gasteiger partial charge in [0.15, 0.2) is 0 Å². The van der Waals surface area contributed by atoms with Crippen LogP contribution in [0.25, 0.3) is 0 Å². The number of thioether (sulfide) groups is 1. The minimum absolute atomic E-state index is 0.293. The summed E-state index contributed by atoms with van der Waals surface area (Å²) in [5.74, 6) is 0. The fourth-order valence-electron chi connectivity index (χ4n) is 4.13. The van der Waals surface area contributed by atoms with E-state index in [9.17, 15) is 8.42 Å². The van der Waals surface area contributed by atoms with Crippen LogP contribution in [0.1, 0.15) is 23.6 Å². The lowest BCUT2D eigenvalue weighted by Crippen LogP contribution is -2.48. The number of piperazine rings is 1. The first kappa shape index (κ1) is 25.6. The average Bonchev–Trinajstić information content (AvgIpc) is 2.93. The van der Waals surface area contributed by atoms with Gasteiger partial charge in [-0.1, -0.05) is 30.0 Å². The highest BCUT2D eigenvalue weighted by Gasteiger charge is 2.30. The smallest absolute Gasteiger partial charge is 0.261 e. The number of aliphatic hydroxyl groups excluding tert-OH is 1. The standard InChI is InChI=1S/C22H28N2OS2.CH4O3S/c1-26-18-7-8-22-19(16-18)20(15-17-5-2-3-6-21(17)27-22)24-12-10-23(11-13-24)9-4-14-25;1-5(2,3)4/h2-3,5-8,16,20,25H,4,9-15H2,1H3;1H3,(H,2,3,4). The number of fused-ring (bicyclic) bond motifs is 2. The van der Waals surface area contributed by atoms with E-state index in [0.29, 0.717) is 18.9 Å². The molecular formula is C23H32N2O4S3. The van der Waals surface area contributed by atoms with Gasteiger partial charge in [-0.2, -0.15) is 8.42 Å². The van der Waals surface area contributed by atoms with Crippen LogP contribution in [-0.2, 0) is 16.5 Å². The van der Waals surface area contributed by atoms with Crippen molar-refractivity contribution in [3.05, 3.63) is 53.6 Å². The predicted molar refractivity (Wildman–Crippen MR) is 132 cm³/mol. The zero-order valence-electron chi connectivity index (χ0n) is 18.6. The fourth-order valence-corrected chi connectivity index (χ4v) is 5.70. The zero-order valence-corrected chi connectivity index (χ0v) is 21.1. The molecule has 1 unspecified atom stereocenters. The Kier molecular flexibility index (Phi) is 9.48. The molecule has 0 amide bonds. The van der Waals surface area contributed by atoms with Crippen LogP contribution in [0.2, 0.25) is 0 Å². The zero-order chi connectivity index (χ0) is 23.1. The third-order valence-electron chi connectivity index (χ3n) is 5.66. The summed E-state index contributed by atoms with van der Waals surface area (Å²) in [5.41, 5.74) is 2.96. The van der Waals surface area contributed by atoms with Gasteiger partial charge in [0.2, 0.25) is 0 Å². The molecule has 1 atom stereocenters. The van der Waals surface area contributed by atoms with Crippen LogP contribution in [0, 0.1) is 0 Å². The van der Waals surface area contributed by atoms with Crippen LogP contribution in [0.15, 0.2) is 57.2 Å². The highest BCUT2D eigenvalue weighted by molar-refractivity contribution is 7.99. The van der Waals surface area contributed by atoms with Gasteiger partial charge in [0.25, 0.3) is 10.1 Å². The Morgan fingerprint density at radius 2 is 1.78 bits per heavy atom. The highest BCUT2D eigenvalue weighted by atomic mass is 32.2. The van der Waals surface area contributed by atoms with Crippen LogP contribution in [0.4, 0.5) is 0 Å². The summed E-state index contributed by atoms with van der Waals surface area (Å²) < 4.78 is 25.9. The van der Waals surface area contributed by atoms with Gasteiger partial charge >= 0.3 is 0 Å². The summed E-state index contributed by atoms with van der Waals surface area (Å²) in [6.07, 6.45) is 4.85. The number of rotatable bonds is 5. The van der Waals surface area contributed by atoms with E-state index in [1.54, 1.807) is 0 Å². The molecule has 0 bridgehead atoms. The first-order valence-corrected chi connectivity index (χ1v) is 14.6. The molecule has 2 aromatic carbocycles. The van der Waals surface area contributed by atoms with Crippen LogP contribution in [0.3, 0.4) is 0 Å². The normalized spacial score (nSPS) is 19.3. The van der Waals surface area contributed by atoms with Crippen molar-refractivity contribution in [1.29, 1.82) is 0 Å². The molecule has 176 valence electrons. The Labute approximate surface area is 200 Å². The molecule has 4 rings (SSSR count). The lowest BCUT2D eigenvalue weighted by atomic mass is 9.96. The third-order valence-corrected chi connectivity index (χ3v) is 7.60. The van der Waals surface area contributed by atoms with Gasteiger partial charge in [-0.05, 0) is 54.5 Å². The van der Waals surface area contributed by atoms with Crippen molar-refractivity contribution in [2.45, 2.75) is 33.6 Å². The molecule has 2 aromatic rings. The van der Waals surface area contributed by atoms with Gasteiger partial charge in [0, 0.05) is 60.1 Å². The Morgan fingerprint density at radius 3 is 2.44 bits per heavy atom. The Hall–Kier alpha value is -1.07. The van der Waals surface area contributed by atoms with Crippen molar-refractivity contribution < 1.29 is 18.1 Å². The average molecular weight is 497 g/mol. The van der Waals surface area contributed by atoms with Crippen molar-refractivity contribution in [2.75, 3.05) is 51.8 Å². The van der Waals surface area contributed by atoms with Gasteiger partial charge < -0.3 is 10.0 Å². The molecular weight excluding hydrogens is 464 g/mol. The van der Waals surface area contributed by atoms with E-state index in [2.05, 4.69) is 58.5 Å². The number of benzene rings is 2. The molecule has 0 spiro atoms. The van der Waals surface area contributed by atoms with E-state index in [-0.39, 0.29) is 0 Å². The maximum absolute atomic E-state index is 9.19. The summed E-state index contributed by atoms with van der Waals surface area (Å²) in [7, 11) is -3.67. The topological polar surface area (TPSA) is 81.1 Å². The summed E-state index contributed by atoms with van der Waals surface area (Å²) in [6.45, 7) is 5.71. The van der Waals surface area contributed by atoms with E-state index in [1.807, 2.05) is 23.5 Å². The first-order chi connectivity index (χ1) is 15.3. The molecule has 2 N–H and O–H groups in total. The molecule has 2 aliphatic heterocycles. The van der Waals surface area contributed by atoms with Crippen LogP contribution in [0.5, 0.6) is 0 Å². The van der Waals surface area contributed by atoms with Crippen molar-refractivity contribution in [2.24, 2.45) is 0 Å². The third kappa shape index (κ3) is 7.48. The maximum Gasteiger partial charge on any atom is 0.261 e. The summed E-state index contributed by atoms with van der Waals surface area (Å²) in [4.78, 5) is 9.34. The molecule has 2 aliphatic rings. The SMILES string of the molecule is CS(=O)(=O)O.CSc1ccc2c(c1)C(N1CCN(CCCO)CC1)Cc1ccccc1S2. The van der Waals surface area contributed by atoms with Gasteiger partial charge in [0.1, 0.15) is 0 Å². The second kappa shape index (κ2) is 11.9. The van der Waals surface area contributed by atoms with Crippen LogP contribution < -0.4 is 0 Å². The van der Waals surface area contributed by atoms with E-state index < -0.39 is 10.1 Å². The molecule has 2 heterocycles. The number of hydrogen-bond donors (Lipinski definition) is 2. The molecule has 6 nitrogen and oxygen atoms in total. The lowest BCUT2D eigenvalue weighted by Gasteiger charge is -2.39. The van der Waals surface area contributed by atoms with E-state index in [0.717, 1.165) is 45.6 Å². The van der Waals surface area contributed by atoms with Gasteiger partial charge in [0.05, 0.1) is 6.26 Å². The second-order valence-corrected chi connectivity index (χ2v) is 11.5. The highest BCUT2D eigenvalue weighted by Crippen LogP contribution is 2.44. The monoisotopic (exact) mass is 496 g/mol. The van der Waals surface area contributed by atoms with Crippen molar-refractivity contribution in [3.8, 4) is 0 Å². The Balaban J connectivity index is 0.000000523. The maximum atomic E-state index is 9.19. The van der Waals surface area contributed by atoms with E-state index in [1.165, 1.54) is 25.8 Å². The van der Waals surface area contributed by atoms with Gasteiger partial charge in [-0.25, -0.2) is 0 Å². The van der Waals surface area contributed by atoms with Crippen LogP contribution >= 0.6 is 23.5 Å². The van der Waals surface area contributed by atoms with Crippen LogP contribution in [-0.4, -0.2) is 79.7 Å². The lowest BCUT2D eigenvalue weighted by molar-refractivity contribution is 0.0898.